The summed E-state index contributed by atoms with van der Waals surface area (Å²) in [5.74, 6) is -1.21. The Morgan fingerprint density at radius 1 is 0.549 bits per heavy atom. The third kappa shape index (κ3) is 37.1. The molecule has 0 aromatic heterocycles. The summed E-state index contributed by atoms with van der Waals surface area (Å²) in [6.07, 6.45) is 47.3. The summed E-state index contributed by atoms with van der Waals surface area (Å²) in [7, 11) is 0. The third-order valence-electron chi connectivity index (χ3n) is 13.7. The highest BCUT2D eigenvalue weighted by Crippen LogP contribution is 2.26. The zero-order valence-electron chi connectivity index (χ0n) is 45.6. The van der Waals surface area contributed by atoms with Crippen LogP contribution in [0.1, 0.15) is 258 Å². The van der Waals surface area contributed by atoms with E-state index in [2.05, 4.69) is 62.5 Å². The SMILES string of the molecule is CCCC/C=C\CCCCCCCC(=O)OC1C(OCC(NC(=O)C(O)CCCCCCCCCCCC/C=C\C/C=C\CCCCC)C(O)/C=C/CCCCCCCCCCC)OC(CO)C(O)C1O. The molecule has 0 aliphatic carbocycles. The Labute approximate surface area is 434 Å². The summed E-state index contributed by atoms with van der Waals surface area (Å²) >= 11 is 0. The van der Waals surface area contributed by atoms with Crippen LogP contribution in [-0.4, -0.2) is 99.6 Å². The summed E-state index contributed by atoms with van der Waals surface area (Å²) in [5.41, 5.74) is 0. The Kier molecular flexibility index (Phi) is 45.6. The van der Waals surface area contributed by atoms with Gasteiger partial charge in [-0.3, -0.25) is 9.59 Å². The standard InChI is InChI=1S/C60H109NO10/c1-4-7-10-13-16-19-22-23-24-25-26-27-28-29-30-33-35-38-41-44-47-53(64)59(68)61-51(52(63)46-43-40-37-34-31-20-17-14-11-8-5-2)50-69-60-58(57(67)56(66)54(49-62)70-60)71-55(65)48-45-42-39-36-32-21-18-15-12-9-6-3/h15-16,18-19,23-24,43,46,51-54,56-58,60,62-64,66-67H,4-14,17,20-22,25-42,44-45,47-50H2,1-3H3,(H,61,68)/b18-15-,19-16-,24-23-,46-43+. The lowest BCUT2D eigenvalue weighted by Gasteiger charge is -2.41. The normalized spacial score (nSPS) is 19.9. The van der Waals surface area contributed by atoms with Gasteiger partial charge in [-0.25, -0.2) is 0 Å². The average molecular weight is 1000 g/mol. The number of amides is 1. The van der Waals surface area contributed by atoms with Gasteiger partial charge in [0.1, 0.15) is 24.4 Å². The minimum atomic E-state index is -1.61. The van der Waals surface area contributed by atoms with Gasteiger partial charge in [0.05, 0.1) is 25.4 Å². The summed E-state index contributed by atoms with van der Waals surface area (Å²) in [5, 5.41) is 56.8. The molecular formula is C60H109NO10. The second-order valence-electron chi connectivity index (χ2n) is 20.4. The predicted octanol–water partition coefficient (Wildman–Crippen LogP) is 13.3. The first kappa shape index (κ1) is 66.6. The molecule has 8 atom stereocenters. The van der Waals surface area contributed by atoms with Gasteiger partial charge in [0.2, 0.25) is 5.91 Å². The van der Waals surface area contributed by atoms with Crippen LogP contribution < -0.4 is 5.32 Å². The van der Waals surface area contributed by atoms with Gasteiger partial charge >= 0.3 is 5.97 Å². The smallest absolute Gasteiger partial charge is 0.306 e. The first-order valence-electron chi connectivity index (χ1n) is 29.4. The number of unbranched alkanes of at least 4 members (excludes halogenated alkanes) is 29. The first-order valence-corrected chi connectivity index (χ1v) is 29.4. The monoisotopic (exact) mass is 1000 g/mol. The van der Waals surface area contributed by atoms with Crippen LogP contribution >= 0.6 is 0 Å². The number of nitrogens with one attached hydrogen (secondary N) is 1. The van der Waals surface area contributed by atoms with E-state index in [0.717, 1.165) is 89.9 Å². The van der Waals surface area contributed by atoms with Crippen molar-refractivity contribution in [3.05, 3.63) is 48.6 Å². The maximum absolute atomic E-state index is 13.4. The number of carbonyl (C=O) groups excluding carboxylic acids is 2. The van der Waals surface area contributed by atoms with Crippen LogP contribution in [0.3, 0.4) is 0 Å². The summed E-state index contributed by atoms with van der Waals surface area (Å²) in [6.45, 7) is 5.70. The van der Waals surface area contributed by atoms with Crippen LogP contribution in [0.4, 0.5) is 0 Å². The fourth-order valence-electron chi connectivity index (χ4n) is 8.96. The lowest BCUT2D eigenvalue weighted by Crippen LogP contribution is -2.61. The highest BCUT2D eigenvalue weighted by molar-refractivity contribution is 5.80. The van der Waals surface area contributed by atoms with Gasteiger partial charge in [-0.15, -0.1) is 0 Å². The van der Waals surface area contributed by atoms with Gasteiger partial charge in [0.25, 0.3) is 0 Å². The van der Waals surface area contributed by atoms with Crippen molar-refractivity contribution in [2.24, 2.45) is 0 Å². The van der Waals surface area contributed by atoms with E-state index >= 15 is 0 Å². The number of rotatable bonds is 49. The highest BCUT2D eigenvalue weighted by Gasteiger charge is 2.47. The molecule has 0 aromatic rings. The van der Waals surface area contributed by atoms with Gasteiger partial charge in [0, 0.05) is 6.42 Å². The van der Waals surface area contributed by atoms with E-state index in [0.29, 0.717) is 12.8 Å². The van der Waals surface area contributed by atoms with Crippen LogP contribution in [0.25, 0.3) is 0 Å². The molecule has 0 aromatic carbocycles. The minimum Gasteiger partial charge on any atom is -0.454 e. The Bertz CT molecular complexity index is 1340. The Hall–Kier alpha value is -2.38. The van der Waals surface area contributed by atoms with E-state index in [-0.39, 0.29) is 19.4 Å². The molecule has 0 saturated carbocycles. The van der Waals surface area contributed by atoms with Crippen molar-refractivity contribution in [3.8, 4) is 0 Å². The minimum absolute atomic E-state index is 0.113. The molecule has 1 aliphatic rings. The van der Waals surface area contributed by atoms with Crippen molar-refractivity contribution in [1.82, 2.24) is 5.32 Å². The Morgan fingerprint density at radius 2 is 0.986 bits per heavy atom. The van der Waals surface area contributed by atoms with Crippen LogP contribution in [0.2, 0.25) is 0 Å². The van der Waals surface area contributed by atoms with E-state index in [1.807, 2.05) is 6.08 Å². The summed E-state index contributed by atoms with van der Waals surface area (Å²) in [4.78, 5) is 26.4. The van der Waals surface area contributed by atoms with Gasteiger partial charge in [0.15, 0.2) is 12.4 Å². The molecule has 6 N–H and O–H groups in total. The van der Waals surface area contributed by atoms with Crippen molar-refractivity contribution in [3.63, 3.8) is 0 Å². The number of allylic oxidation sites excluding steroid dienone is 7. The molecule has 1 amide bonds. The molecule has 11 nitrogen and oxygen atoms in total. The molecule has 0 spiro atoms. The van der Waals surface area contributed by atoms with Crippen molar-refractivity contribution >= 4 is 11.9 Å². The molecule has 1 aliphatic heterocycles. The molecular weight excluding hydrogens is 895 g/mol. The Balaban J connectivity index is 2.67. The zero-order chi connectivity index (χ0) is 51.8. The quantitative estimate of drug-likeness (QED) is 0.0195. The average Bonchev–Trinajstić information content (AvgIpc) is 3.37. The highest BCUT2D eigenvalue weighted by atomic mass is 16.7. The number of carbonyl (C=O) groups is 2. The number of hydrogen-bond donors (Lipinski definition) is 6. The molecule has 414 valence electrons. The fraction of sp³-hybridized carbons (Fsp3) is 0.833. The van der Waals surface area contributed by atoms with E-state index in [1.54, 1.807) is 6.08 Å². The molecule has 8 unspecified atom stereocenters. The number of ether oxygens (including phenoxy) is 3. The van der Waals surface area contributed by atoms with Crippen molar-refractivity contribution in [1.29, 1.82) is 0 Å². The van der Waals surface area contributed by atoms with Crippen molar-refractivity contribution in [2.75, 3.05) is 13.2 Å². The molecule has 0 bridgehead atoms. The van der Waals surface area contributed by atoms with Gasteiger partial charge in [-0.05, 0) is 77.0 Å². The van der Waals surface area contributed by atoms with E-state index in [1.165, 1.54) is 122 Å². The fourth-order valence-corrected chi connectivity index (χ4v) is 8.96. The molecule has 1 rings (SSSR count). The van der Waals surface area contributed by atoms with E-state index in [4.69, 9.17) is 14.2 Å². The van der Waals surface area contributed by atoms with Gasteiger partial charge < -0.3 is 45.1 Å². The Morgan fingerprint density at radius 3 is 1.52 bits per heavy atom. The second kappa shape index (κ2) is 48.6. The van der Waals surface area contributed by atoms with Crippen molar-refractivity contribution < 1.29 is 49.3 Å². The summed E-state index contributed by atoms with van der Waals surface area (Å²) in [6, 6.07) is -1.02. The maximum Gasteiger partial charge on any atom is 0.306 e. The van der Waals surface area contributed by atoms with Gasteiger partial charge in [-0.1, -0.05) is 223 Å². The van der Waals surface area contributed by atoms with Gasteiger partial charge in [-0.2, -0.15) is 0 Å². The maximum atomic E-state index is 13.4. The number of aliphatic hydroxyl groups is 5. The first-order chi connectivity index (χ1) is 34.7. The van der Waals surface area contributed by atoms with Crippen molar-refractivity contribution in [2.45, 2.75) is 307 Å². The molecule has 11 heteroatoms. The van der Waals surface area contributed by atoms with Crippen LogP contribution in [0, 0.1) is 0 Å². The van der Waals surface area contributed by atoms with E-state index < -0.39 is 67.4 Å². The molecule has 1 saturated heterocycles. The second-order valence-corrected chi connectivity index (χ2v) is 20.4. The third-order valence-corrected chi connectivity index (χ3v) is 13.7. The molecule has 1 fully saturated rings. The number of esters is 1. The number of hydrogen-bond acceptors (Lipinski definition) is 10. The topological polar surface area (TPSA) is 175 Å². The number of aliphatic hydroxyl groups excluding tert-OH is 5. The molecule has 1 heterocycles. The lowest BCUT2D eigenvalue weighted by molar-refractivity contribution is -0.305. The van der Waals surface area contributed by atoms with Crippen LogP contribution in [-0.2, 0) is 23.8 Å². The predicted molar refractivity (Wildman–Crippen MR) is 292 cm³/mol. The largest absolute Gasteiger partial charge is 0.454 e. The van der Waals surface area contributed by atoms with Crippen LogP contribution in [0.15, 0.2) is 48.6 Å². The summed E-state index contributed by atoms with van der Waals surface area (Å²) < 4.78 is 17.5. The lowest BCUT2D eigenvalue weighted by atomic mass is 9.99. The molecule has 0 radical (unpaired) electrons. The van der Waals surface area contributed by atoms with Crippen LogP contribution in [0.5, 0.6) is 0 Å². The van der Waals surface area contributed by atoms with E-state index in [9.17, 15) is 35.1 Å². The molecule has 71 heavy (non-hydrogen) atoms. The zero-order valence-corrected chi connectivity index (χ0v) is 45.6.